The highest BCUT2D eigenvalue weighted by Crippen LogP contribution is 2.20. The standard InChI is InChI=1S/C16H17ClN2O/c1-11-7-8-13(12(2)9-11)10-18-16(20)19-15-6-4-3-5-14(15)17/h3-9H,10H2,1-2H3,(H2,18,19,20). The monoisotopic (exact) mass is 288 g/mol. The van der Waals surface area contributed by atoms with Gasteiger partial charge in [0.2, 0.25) is 0 Å². The Labute approximate surface area is 124 Å². The van der Waals surface area contributed by atoms with Crippen molar-refractivity contribution >= 4 is 23.3 Å². The van der Waals surface area contributed by atoms with Crippen molar-refractivity contribution in [2.45, 2.75) is 20.4 Å². The molecule has 2 N–H and O–H groups in total. The van der Waals surface area contributed by atoms with Crippen LogP contribution in [0.5, 0.6) is 0 Å². The Morgan fingerprint density at radius 2 is 1.90 bits per heavy atom. The highest BCUT2D eigenvalue weighted by molar-refractivity contribution is 6.33. The van der Waals surface area contributed by atoms with Crippen LogP contribution in [-0.4, -0.2) is 6.03 Å². The smallest absolute Gasteiger partial charge is 0.319 e. The predicted octanol–water partition coefficient (Wildman–Crippen LogP) is 4.28. The Morgan fingerprint density at radius 1 is 1.15 bits per heavy atom. The summed E-state index contributed by atoms with van der Waals surface area (Å²) in [6.07, 6.45) is 0. The van der Waals surface area contributed by atoms with Gasteiger partial charge in [-0.2, -0.15) is 0 Å². The van der Waals surface area contributed by atoms with Crippen LogP contribution < -0.4 is 10.6 Å². The van der Waals surface area contributed by atoms with Gasteiger partial charge in [-0.15, -0.1) is 0 Å². The molecule has 104 valence electrons. The second kappa shape index (κ2) is 6.44. The normalized spacial score (nSPS) is 10.2. The van der Waals surface area contributed by atoms with Gasteiger partial charge in [-0.1, -0.05) is 47.5 Å². The number of carbonyl (C=O) groups is 1. The second-order valence-corrected chi connectivity index (χ2v) is 5.12. The molecule has 0 bridgehead atoms. The molecule has 2 amide bonds. The largest absolute Gasteiger partial charge is 0.334 e. The molecule has 3 nitrogen and oxygen atoms in total. The van der Waals surface area contributed by atoms with Crippen molar-refractivity contribution in [1.29, 1.82) is 0 Å². The molecule has 0 fully saturated rings. The van der Waals surface area contributed by atoms with E-state index < -0.39 is 0 Å². The van der Waals surface area contributed by atoms with Gasteiger partial charge in [-0.3, -0.25) is 0 Å². The number of urea groups is 1. The van der Waals surface area contributed by atoms with Crippen LogP contribution in [-0.2, 0) is 6.54 Å². The van der Waals surface area contributed by atoms with Crippen LogP contribution in [0.2, 0.25) is 5.02 Å². The van der Waals surface area contributed by atoms with Gasteiger partial charge in [0.25, 0.3) is 0 Å². The fourth-order valence-electron chi connectivity index (χ4n) is 1.95. The van der Waals surface area contributed by atoms with Crippen LogP contribution in [0.3, 0.4) is 0 Å². The molecule has 0 aliphatic heterocycles. The van der Waals surface area contributed by atoms with E-state index in [0.717, 1.165) is 5.56 Å². The minimum absolute atomic E-state index is 0.266. The summed E-state index contributed by atoms with van der Waals surface area (Å²) in [5, 5.41) is 6.08. The number of rotatable bonds is 3. The first kappa shape index (κ1) is 14.4. The molecule has 0 aromatic heterocycles. The van der Waals surface area contributed by atoms with E-state index in [9.17, 15) is 4.79 Å². The van der Waals surface area contributed by atoms with E-state index in [-0.39, 0.29) is 6.03 Å². The lowest BCUT2D eigenvalue weighted by molar-refractivity contribution is 0.251. The molecule has 0 aliphatic carbocycles. The quantitative estimate of drug-likeness (QED) is 0.869. The Kier molecular flexibility index (Phi) is 4.64. The lowest BCUT2D eigenvalue weighted by Crippen LogP contribution is -2.28. The van der Waals surface area contributed by atoms with Crippen molar-refractivity contribution in [2.24, 2.45) is 0 Å². The molecule has 0 unspecified atom stereocenters. The Hall–Kier alpha value is -2.00. The van der Waals surface area contributed by atoms with Crippen LogP contribution >= 0.6 is 11.6 Å². The minimum atomic E-state index is -0.266. The fourth-order valence-corrected chi connectivity index (χ4v) is 2.13. The van der Waals surface area contributed by atoms with Crippen LogP contribution in [0.15, 0.2) is 42.5 Å². The molecular formula is C16H17ClN2O. The van der Waals surface area contributed by atoms with Gasteiger partial charge in [0.05, 0.1) is 10.7 Å². The van der Waals surface area contributed by atoms with Crippen LogP contribution in [0, 0.1) is 13.8 Å². The first-order valence-electron chi connectivity index (χ1n) is 6.42. The molecule has 0 radical (unpaired) electrons. The van der Waals surface area contributed by atoms with E-state index >= 15 is 0 Å². The predicted molar refractivity (Wildman–Crippen MR) is 83.2 cm³/mol. The molecular weight excluding hydrogens is 272 g/mol. The first-order valence-corrected chi connectivity index (χ1v) is 6.79. The molecule has 0 aliphatic rings. The Bertz CT molecular complexity index is 626. The average Bonchev–Trinajstić information content (AvgIpc) is 2.40. The number of para-hydroxylation sites is 1. The fraction of sp³-hybridized carbons (Fsp3) is 0.188. The van der Waals surface area contributed by atoms with E-state index in [4.69, 9.17) is 11.6 Å². The van der Waals surface area contributed by atoms with E-state index in [2.05, 4.69) is 16.7 Å². The van der Waals surface area contributed by atoms with Gasteiger partial charge in [0.15, 0.2) is 0 Å². The average molecular weight is 289 g/mol. The van der Waals surface area contributed by atoms with Crippen LogP contribution in [0.4, 0.5) is 10.5 Å². The van der Waals surface area contributed by atoms with Crippen molar-refractivity contribution in [3.8, 4) is 0 Å². The molecule has 0 saturated heterocycles. The number of nitrogens with one attached hydrogen (secondary N) is 2. The molecule has 0 saturated carbocycles. The van der Waals surface area contributed by atoms with Gasteiger partial charge < -0.3 is 10.6 Å². The maximum atomic E-state index is 11.8. The summed E-state index contributed by atoms with van der Waals surface area (Å²) in [4.78, 5) is 11.8. The summed E-state index contributed by atoms with van der Waals surface area (Å²) in [6, 6.07) is 13.0. The van der Waals surface area contributed by atoms with E-state index in [0.29, 0.717) is 17.3 Å². The summed E-state index contributed by atoms with van der Waals surface area (Å²) < 4.78 is 0. The first-order chi connectivity index (χ1) is 9.56. The summed E-state index contributed by atoms with van der Waals surface area (Å²) in [5.74, 6) is 0. The lowest BCUT2D eigenvalue weighted by atomic mass is 10.1. The summed E-state index contributed by atoms with van der Waals surface area (Å²) in [7, 11) is 0. The zero-order chi connectivity index (χ0) is 14.5. The molecule has 0 atom stereocenters. The summed E-state index contributed by atoms with van der Waals surface area (Å²) in [6.45, 7) is 4.58. The summed E-state index contributed by atoms with van der Waals surface area (Å²) in [5.41, 5.74) is 4.09. The number of hydrogen-bond acceptors (Lipinski definition) is 1. The molecule has 0 heterocycles. The number of carbonyl (C=O) groups excluding carboxylic acids is 1. The maximum absolute atomic E-state index is 11.8. The highest BCUT2D eigenvalue weighted by atomic mass is 35.5. The third kappa shape index (κ3) is 3.75. The van der Waals surface area contributed by atoms with Crippen LogP contribution in [0.25, 0.3) is 0 Å². The highest BCUT2D eigenvalue weighted by Gasteiger charge is 2.05. The van der Waals surface area contributed by atoms with Gasteiger partial charge in [-0.05, 0) is 37.1 Å². The maximum Gasteiger partial charge on any atom is 0.319 e. The van der Waals surface area contributed by atoms with Crippen molar-refractivity contribution in [3.05, 3.63) is 64.2 Å². The van der Waals surface area contributed by atoms with Crippen LogP contribution in [0.1, 0.15) is 16.7 Å². The number of anilines is 1. The summed E-state index contributed by atoms with van der Waals surface area (Å²) >= 11 is 5.99. The zero-order valence-electron chi connectivity index (χ0n) is 11.5. The Balaban J connectivity index is 1.94. The molecule has 2 rings (SSSR count). The minimum Gasteiger partial charge on any atom is -0.334 e. The lowest BCUT2D eigenvalue weighted by Gasteiger charge is -2.10. The van der Waals surface area contributed by atoms with E-state index in [1.807, 2.05) is 38.1 Å². The van der Waals surface area contributed by atoms with E-state index in [1.54, 1.807) is 12.1 Å². The number of halogens is 1. The van der Waals surface area contributed by atoms with E-state index in [1.165, 1.54) is 11.1 Å². The zero-order valence-corrected chi connectivity index (χ0v) is 12.3. The third-order valence-corrected chi connectivity index (χ3v) is 3.39. The SMILES string of the molecule is Cc1ccc(CNC(=O)Nc2ccccc2Cl)c(C)c1. The number of aryl methyl sites for hydroxylation is 2. The van der Waals surface area contributed by atoms with Gasteiger partial charge in [0.1, 0.15) is 0 Å². The van der Waals surface area contributed by atoms with Gasteiger partial charge in [0, 0.05) is 6.54 Å². The number of amides is 2. The third-order valence-electron chi connectivity index (χ3n) is 3.06. The molecule has 20 heavy (non-hydrogen) atoms. The number of benzene rings is 2. The van der Waals surface area contributed by atoms with Crippen molar-refractivity contribution < 1.29 is 4.79 Å². The molecule has 4 heteroatoms. The van der Waals surface area contributed by atoms with Crippen molar-refractivity contribution in [1.82, 2.24) is 5.32 Å². The van der Waals surface area contributed by atoms with Crippen molar-refractivity contribution in [2.75, 3.05) is 5.32 Å². The number of hydrogen-bond donors (Lipinski definition) is 2. The topological polar surface area (TPSA) is 41.1 Å². The molecule has 0 spiro atoms. The second-order valence-electron chi connectivity index (χ2n) is 4.72. The van der Waals surface area contributed by atoms with Gasteiger partial charge >= 0.3 is 6.03 Å². The molecule has 2 aromatic carbocycles. The van der Waals surface area contributed by atoms with Gasteiger partial charge in [-0.25, -0.2) is 4.79 Å². The van der Waals surface area contributed by atoms with Crippen molar-refractivity contribution in [3.63, 3.8) is 0 Å². The molecule has 2 aromatic rings. The Morgan fingerprint density at radius 3 is 2.60 bits per heavy atom.